The Morgan fingerprint density at radius 2 is 2.19 bits per heavy atom. The van der Waals surface area contributed by atoms with E-state index in [4.69, 9.17) is 5.73 Å². The molecule has 1 heterocycles. The smallest absolute Gasteiger partial charge is 0.0299 e. The van der Waals surface area contributed by atoms with Crippen molar-refractivity contribution in [2.24, 2.45) is 11.7 Å². The number of nitrogens with zero attached hydrogens (tertiary/aromatic N) is 1. The van der Waals surface area contributed by atoms with E-state index in [1.54, 1.807) is 0 Å². The van der Waals surface area contributed by atoms with Gasteiger partial charge in [-0.2, -0.15) is 0 Å². The van der Waals surface area contributed by atoms with Gasteiger partial charge in [-0.25, -0.2) is 4.31 Å². The molecule has 0 amide bonds. The van der Waals surface area contributed by atoms with E-state index in [1.165, 1.54) is 18.2 Å². The minimum absolute atomic E-state index is 0.458. The Labute approximate surface area is 106 Å². The van der Waals surface area contributed by atoms with Gasteiger partial charge in [0.25, 0.3) is 0 Å². The molecule has 0 aliphatic carbocycles. The molecule has 0 aromatic rings. The van der Waals surface area contributed by atoms with Crippen LogP contribution in [0.5, 0.6) is 0 Å². The second kappa shape index (κ2) is 7.88. The zero-order valence-electron chi connectivity index (χ0n) is 10.7. The number of nitrogens with two attached hydrogens (primary N) is 1. The third kappa shape index (κ3) is 4.89. The molecule has 1 aliphatic heterocycles. The molecule has 0 saturated carbocycles. The third-order valence-electron chi connectivity index (χ3n) is 3.07. The van der Waals surface area contributed by atoms with Crippen molar-refractivity contribution in [1.29, 1.82) is 0 Å². The van der Waals surface area contributed by atoms with Gasteiger partial charge in [0.2, 0.25) is 0 Å². The van der Waals surface area contributed by atoms with Gasteiger partial charge in [0.05, 0.1) is 0 Å². The zero-order valence-corrected chi connectivity index (χ0v) is 12.5. The van der Waals surface area contributed by atoms with Crippen LogP contribution in [0.2, 0.25) is 0 Å². The summed E-state index contributed by atoms with van der Waals surface area (Å²) in [5.41, 5.74) is 7.07. The fourth-order valence-electron chi connectivity index (χ4n) is 1.82. The molecule has 16 heavy (non-hydrogen) atoms. The SMILES string of the molecule is CC(C)C(CN)NCC(C)N1CCPCS1. The topological polar surface area (TPSA) is 41.3 Å². The normalized spacial score (nSPS) is 23.8. The molecule has 1 rings (SSSR count). The summed E-state index contributed by atoms with van der Waals surface area (Å²) < 4.78 is 2.53. The first-order valence-electron chi connectivity index (χ1n) is 6.19. The summed E-state index contributed by atoms with van der Waals surface area (Å²) in [5, 5.41) is 3.59. The molecule has 0 aromatic carbocycles. The molecule has 0 radical (unpaired) electrons. The van der Waals surface area contributed by atoms with Crippen LogP contribution >= 0.6 is 20.5 Å². The van der Waals surface area contributed by atoms with E-state index in [0.717, 1.165) is 21.7 Å². The summed E-state index contributed by atoms with van der Waals surface area (Å²) in [5.74, 6) is 0.618. The van der Waals surface area contributed by atoms with Crippen molar-refractivity contribution >= 4 is 20.5 Å². The molecule has 3 unspecified atom stereocenters. The van der Waals surface area contributed by atoms with Crippen LogP contribution in [0.1, 0.15) is 20.8 Å². The molecule has 0 spiro atoms. The van der Waals surface area contributed by atoms with E-state index in [2.05, 4.69) is 30.4 Å². The van der Waals surface area contributed by atoms with Crippen LogP contribution in [-0.2, 0) is 0 Å². The van der Waals surface area contributed by atoms with Gasteiger partial charge >= 0.3 is 0 Å². The van der Waals surface area contributed by atoms with E-state index >= 15 is 0 Å². The van der Waals surface area contributed by atoms with Crippen molar-refractivity contribution < 1.29 is 0 Å². The Hall–Kier alpha value is 0.660. The second-order valence-electron chi connectivity index (χ2n) is 4.76. The molecular formula is C11H26N3PS. The Kier molecular flexibility index (Phi) is 7.25. The Morgan fingerprint density at radius 3 is 2.69 bits per heavy atom. The molecule has 1 saturated heterocycles. The van der Waals surface area contributed by atoms with Crippen LogP contribution in [0, 0.1) is 5.92 Å². The van der Waals surface area contributed by atoms with E-state index in [1.807, 2.05) is 11.9 Å². The van der Waals surface area contributed by atoms with Gasteiger partial charge in [0, 0.05) is 37.2 Å². The molecular weight excluding hydrogens is 237 g/mol. The quantitative estimate of drug-likeness (QED) is 0.563. The molecule has 5 heteroatoms. The maximum Gasteiger partial charge on any atom is 0.0299 e. The third-order valence-corrected chi connectivity index (χ3v) is 5.85. The molecule has 0 bridgehead atoms. The number of rotatable bonds is 6. The van der Waals surface area contributed by atoms with Crippen molar-refractivity contribution in [1.82, 2.24) is 9.62 Å². The predicted molar refractivity (Wildman–Crippen MR) is 77.5 cm³/mol. The first-order chi connectivity index (χ1) is 7.65. The highest BCUT2D eigenvalue weighted by atomic mass is 32.2. The van der Waals surface area contributed by atoms with Crippen LogP contribution in [0.3, 0.4) is 0 Å². The minimum atomic E-state index is 0.458. The molecule has 3 nitrogen and oxygen atoms in total. The van der Waals surface area contributed by atoms with Gasteiger partial charge in [-0.3, -0.25) is 0 Å². The summed E-state index contributed by atoms with van der Waals surface area (Å²) in [7, 11) is 1.15. The Bertz CT molecular complexity index is 186. The maximum absolute atomic E-state index is 5.76. The van der Waals surface area contributed by atoms with Gasteiger partial charge in [0.15, 0.2) is 0 Å². The maximum atomic E-state index is 5.76. The molecule has 0 aromatic heterocycles. The monoisotopic (exact) mass is 263 g/mol. The summed E-state index contributed by atoms with van der Waals surface area (Å²) >= 11 is 2.01. The lowest BCUT2D eigenvalue weighted by Crippen LogP contribution is -2.46. The highest BCUT2D eigenvalue weighted by Crippen LogP contribution is 2.29. The summed E-state index contributed by atoms with van der Waals surface area (Å²) in [6.07, 6.45) is 1.38. The Morgan fingerprint density at radius 1 is 1.44 bits per heavy atom. The molecule has 3 N–H and O–H groups in total. The van der Waals surface area contributed by atoms with E-state index < -0.39 is 0 Å². The van der Waals surface area contributed by atoms with E-state index in [-0.39, 0.29) is 0 Å². The van der Waals surface area contributed by atoms with Gasteiger partial charge in [0.1, 0.15) is 0 Å². The molecule has 1 fully saturated rings. The van der Waals surface area contributed by atoms with Crippen LogP contribution in [-0.4, -0.2) is 47.7 Å². The lowest BCUT2D eigenvalue weighted by Gasteiger charge is -2.32. The predicted octanol–water partition coefficient (Wildman–Crippen LogP) is 1.55. The van der Waals surface area contributed by atoms with Crippen molar-refractivity contribution in [3.8, 4) is 0 Å². The average Bonchev–Trinajstić information content (AvgIpc) is 2.30. The summed E-state index contributed by atoms with van der Waals surface area (Å²) in [4.78, 5) is 0. The van der Waals surface area contributed by atoms with Gasteiger partial charge < -0.3 is 11.1 Å². The number of hydrogen-bond acceptors (Lipinski definition) is 4. The van der Waals surface area contributed by atoms with Crippen LogP contribution in [0.15, 0.2) is 0 Å². The van der Waals surface area contributed by atoms with Crippen molar-refractivity contribution in [2.75, 3.05) is 31.3 Å². The minimum Gasteiger partial charge on any atom is -0.329 e. The zero-order chi connectivity index (χ0) is 12.0. The first kappa shape index (κ1) is 14.7. The van der Waals surface area contributed by atoms with Crippen LogP contribution < -0.4 is 11.1 Å². The lowest BCUT2D eigenvalue weighted by molar-refractivity contribution is 0.329. The molecule has 1 aliphatic rings. The van der Waals surface area contributed by atoms with Crippen molar-refractivity contribution in [2.45, 2.75) is 32.9 Å². The highest BCUT2D eigenvalue weighted by Gasteiger charge is 2.19. The highest BCUT2D eigenvalue weighted by molar-refractivity contribution is 8.01. The van der Waals surface area contributed by atoms with Crippen LogP contribution in [0.25, 0.3) is 0 Å². The Balaban J connectivity index is 2.24. The van der Waals surface area contributed by atoms with Crippen molar-refractivity contribution in [3.05, 3.63) is 0 Å². The van der Waals surface area contributed by atoms with Gasteiger partial charge in [-0.15, -0.1) is 8.58 Å². The van der Waals surface area contributed by atoms with Crippen molar-refractivity contribution in [3.63, 3.8) is 0 Å². The van der Waals surface area contributed by atoms with Crippen LogP contribution in [0.4, 0.5) is 0 Å². The van der Waals surface area contributed by atoms with E-state index in [9.17, 15) is 0 Å². The fourth-order valence-corrected chi connectivity index (χ4v) is 4.53. The average molecular weight is 263 g/mol. The second-order valence-corrected chi connectivity index (χ2v) is 7.64. The largest absolute Gasteiger partial charge is 0.329 e. The molecule has 96 valence electrons. The number of hydrogen-bond donors (Lipinski definition) is 2. The first-order valence-corrected chi connectivity index (χ1v) is 8.54. The lowest BCUT2D eigenvalue weighted by atomic mass is 10.0. The van der Waals surface area contributed by atoms with Gasteiger partial charge in [-0.05, 0) is 19.0 Å². The standard InChI is InChI=1S/C11H26N3PS/c1-9(2)11(6-12)13-7-10(3)14-4-5-15-8-16-14/h9-11,13,15H,4-8,12H2,1-3H3. The number of nitrogens with one attached hydrogen (secondary N) is 1. The van der Waals surface area contributed by atoms with E-state index in [0.29, 0.717) is 18.0 Å². The summed E-state index contributed by atoms with van der Waals surface area (Å²) in [6.45, 7) is 9.80. The summed E-state index contributed by atoms with van der Waals surface area (Å²) in [6, 6.07) is 1.07. The molecule has 3 atom stereocenters. The van der Waals surface area contributed by atoms with Gasteiger partial charge in [-0.1, -0.05) is 25.8 Å². The fraction of sp³-hybridized carbons (Fsp3) is 1.00.